The molecule has 14 heteroatoms. The van der Waals surface area contributed by atoms with Gasteiger partial charge in [-0.1, -0.05) is 12.7 Å². The molecule has 0 saturated heterocycles. The van der Waals surface area contributed by atoms with Crippen molar-refractivity contribution in [1.82, 2.24) is 0 Å². The van der Waals surface area contributed by atoms with Crippen LogP contribution in [0.15, 0.2) is 23.5 Å². The summed E-state index contributed by atoms with van der Waals surface area (Å²) in [4.78, 5) is 0. The standard InChI is InChI=1S/C7H8O10S4/c1-3-18(8,9)16-20(12,13)6-5-7-21(14,15)17-19(10,11)4-2/h1,4-5,7H,2,6H2/b7-5+. The molecule has 10 nitrogen and oxygen atoms in total. The maximum Gasteiger partial charge on any atom is 0.352 e. The van der Waals surface area contributed by atoms with Crippen molar-refractivity contribution in [3.63, 3.8) is 0 Å². The van der Waals surface area contributed by atoms with Crippen molar-refractivity contribution in [2.45, 2.75) is 0 Å². The van der Waals surface area contributed by atoms with Crippen LogP contribution in [0.3, 0.4) is 0 Å². The minimum Gasteiger partial charge on any atom is -0.198 e. The van der Waals surface area contributed by atoms with Crippen LogP contribution in [0.2, 0.25) is 0 Å². The number of terminal acetylenes is 1. The Morgan fingerprint density at radius 2 is 1.48 bits per heavy atom. The van der Waals surface area contributed by atoms with Crippen molar-refractivity contribution in [2.75, 3.05) is 5.75 Å². The van der Waals surface area contributed by atoms with E-state index in [2.05, 4.69) is 20.3 Å². The van der Waals surface area contributed by atoms with Gasteiger partial charge in [0.2, 0.25) is 0 Å². The fourth-order valence-corrected chi connectivity index (χ4v) is 4.36. The molecule has 0 amide bonds. The van der Waals surface area contributed by atoms with Gasteiger partial charge in [0.1, 0.15) is 0 Å². The Balaban J connectivity index is 5.04. The van der Waals surface area contributed by atoms with E-state index in [1.54, 1.807) is 0 Å². The van der Waals surface area contributed by atoms with Crippen LogP contribution in [0.1, 0.15) is 0 Å². The molecule has 0 aromatic rings. The van der Waals surface area contributed by atoms with Gasteiger partial charge in [0.05, 0.1) is 21.8 Å². The molecular weight excluding hydrogens is 372 g/mol. The average Bonchev–Trinajstić information content (AvgIpc) is 2.25. The molecule has 0 aromatic carbocycles. The molecule has 0 fully saturated rings. The van der Waals surface area contributed by atoms with Crippen LogP contribution in [0, 0.1) is 11.7 Å². The SMILES string of the molecule is C#CS(=O)(=O)OS(=O)(=O)C/C=C/S(=O)(=O)OS(=O)(=O)C=C. The third-order valence-electron chi connectivity index (χ3n) is 1.29. The van der Waals surface area contributed by atoms with E-state index in [0.29, 0.717) is 6.08 Å². The van der Waals surface area contributed by atoms with Crippen molar-refractivity contribution in [3.8, 4) is 11.7 Å². The van der Waals surface area contributed by atoms with E-state index in [1.807, 2.05) is 0 Å². The summed E-state index contributed by atoms with van der Waals surface area (Å²) in [5.41, 5.74) is 0. The molecule has 0 saturated carbocycles. The summed E-state index contributed by atoms with van der Waals surface area (Å²) in [7, 11) is -18.8. The van der Waals surface area contributed by atoms with Crippen molar-refractivity contribution in [2.24, 2.45) is 0 Å². The summed E-state index contributed by atoms with van der Waals surface area (Å²) < 4.78 is 94.7. The molecule has 120 valence electrons. The molecular formula is C7H8O10S4. The summed E-state index contributed by atoms with van der Waals surface area (Å²) in [5, 5.41) is 1.34. The molecule has 0 heterocycles. The zero-order chi connectivity index (χ0) is 16.9. The van der Waals surface area contributed by atoms with Crippen LogP contribution in [-0.2, 0) is 47.7 Å². The summed E-state index contributed by atoms with van der Waals surface area (Å²) in [6.07, 6.45) is 4.84. The van der Waals surface area contributed by atoms with Crippen LogP contribution in [0.4, 0.5) is 0 Å². The second-order valence-corrected chi connectivity index (χ2v) is 9.21. The van der Waals surface area contributed by atoms with E-state index in [9.17, 15) is 33.7 Å². The van der Waals surface area contributed by atoms with Gasteiger partial charge in [-0.25, -0.2) is 0 Å². The summed E-state index contributed by atoms with van der Waals surface area (Å²) in [6, 6.07) is 0. The molecule has 0 aliphatic heterocycles. The van der Waals surface area contributed by atoms with E-state index in [4.69, 9.17) is 0 Å². The zero-order valence-corrected chi connectivity index (χ0v) is 13.2. The lowest BCUT2D eigenvalue weighted by atomic mass is 10.8. The van der Waals surface area contributed by atoms with E-state index >= 15 is 0 Å². The Labute approximate surface area is 122 Å². The van der Waals surface area contributed by atoms with E-state index < -0.39 is 46.2 Å². The Hall–Kier alpha value is -1.24. The van der Waals surface area contributed by atoms with Gasteiger partial charge in [0, 0.05) is 0 Å². The molecule has 21 heavy (non-hydrogen) atoms. The average molecular weight is 380 g/mol. The maximum atomic E-state index is 11.1. The van der Waals surface area contributed by atoms with Crippen molar-refractivity contribution in [3.05, 3.63) is 23.5 Å². The maximum absolute atomic E-state index is 11.1. The summed E-state index contributed by atoms with van der Waals surface area (Å²) >= 11 is 0. The quantitative estimate of drug-likeness (QED) is 0.458. The van der Waals surface area contributed by atoms with Gasteiger partial charge in [-0.3, -0.25) is 0 Å². The highest BCUT2D eigenvalue weighted by molar-refractivity contribution is 8.03. The fourth-order valence-electron chi connectivity index (χ4n) is 0.642. The first-order chi connectivity index (χ1) is 9.24. The number of hydrogen-bond donors (Lipinski definition) is 0. The molecule has 0 radical (unpaired) electrons. The monoisotopic (exact) mass is 380 g/mol. The van der Waals surface area contributed by atoms with Crippen LogP contribution in [0.25, 0.3) is 0 Å². The van der Waals surface area contributed by atoms with Gasteiger partial charge in [-0.05, 0) is 0 Å². The van der Waals surface area contributed by atoms with Gasteiger partial charge in [-0.15, -0.1) is 13.7 Å². The van der Waals surface area contributed by atoms with E-state index in [1.165, 1.54) is 0 Å². The number of rotatable bonds is 8. The fraction of sp³-hybridized carbons (Fsp3) is 0.143. The highest BCUT2D eigenvalue weighted by Crippen LogP contribution is 2.06. The summed E-state index contributed by atoms with van der Waals surface area (Å²) in [5.74, 6) is -1.22. The van der Waals surface area contributed by atoms with Gasteiger partial charge in [0.15, 0.2) is 0 Å². The molecule has 0 rings (SSSR count). The third kappa shape index (κ3) is 8.60. The molecule has 0 bridgehead atoms. The normalized spacial score (nSPS) is 13.9. The Morgan fingerprint density at radius 3 is 1.90 bits per heavy atom. The second kappa shape index (κ2) is 6.68. The molecule has 0 unspecified atom stereocenters. The molecule has 0 aliphatic carbocycles. The predicted molar refractivity (Wildman–Crippen MR) is 70.9 cm³/mol. The molecule has 0 spiro atoms. The second-order valence-electron chi connectivity index (χ2n) is 2.96. The molecule has 0 aromatic heterocycles. The number of hydrogen-bond acceptors (Lipinski definition) is 10. The molecule has 0 atom stereocenters. The van der Waals surface area contributed by atoms with Gasteiger partial charge in [0.25, 0.3) is 10.1 Å². The van der Waals surface area contributed by atoms with Crippen molar-refractivity contribution in [1.29, 1.82) is 0 Å². The predicted octanol–water partition coefficient (Wildman–Crippen LogP) is -1.41. The summed E-state index contributed by atoms with van der Waals surface area (Å²) in [6.45, 7) is 2.78. The Kier molecular flexibility index (Phi) is 6.29. The minimum absolute atomic E-state index is 0.0808. The van der Waals surface area contributed by atoms with Crippen LogP contribution >= 0.6 is 0 Å². The minimum atomic E-state index is -4.77. The van der Waals surface area contributed by atoms with Crippen LogP contribution in [-0.4, -0.2) is 39.4 Å². The first-order valence-corrected chi connectivity index (χ1v) is 10.3. The Bertz CT molecular complexity index is 877. The molecule has 0 aliphatic rings. The topological polar surface area (TPSA) is 155 Å². The zero-order valence-electron chi connectivity index (χ0n) is 9.94. The lowest BCUT2D eigenvalue weighted by Crippen LogP contribution is -2.14. The van der Waals surface area contributed by atoms with E-state index in [-0.39, 0.29) is 10.8 Å². The Morgan fingerprint density at radius 1 is 0.952 bits per heavy atom. The lowest BCUT2D eigenvalue weighted by Gasteiger charge is -1.99. The van der Waals surface area contributed by atoms with Gasteiger partial charge < -0.3 is 0 Å². The van der Waals surface area contributed by atoms with E-state index in [0.717, 1.165) is 5.25 Å². The van der Waals surface area contributed by atoms with Gasteiger partial charge in [-0.2, -0.15) is 33.7 Å². The smallest absolute Gasteiger partial charge is 0.198 e. The first-order valence-electron chi connectivity index (χ1n) is 4.40. The third-order valence-corrected chi connectivity index (χ3v) is 6.18. The lowest BCUT2D eigenvalue weighted by molar-refractivity contribution is 0.471. The highest BCUT2D eigenvalue weighted by atomic mass is 32.3. The molecule has 0 N–H and O–H groups in total. The van der Waals surface area contributed by atoms with Crippen molar-refractivity contribution >= 4 is 40.5 Å². The largest absolute Gasteiger partial charge is 0.352 e. The van der Waals surface area contributed by atoms with Crippen LogP contribution in [0.5, 0.6) is 0 Å². The van der Waals surface area contributed by atoms with Gasteiger partial charge >= 0.3 is 30.4 Å². The van der Waals surface area contributed by atoms with Crippen LogP contribution < -0.4 is 0 Å². The highest BCUT2D eigenvalue weighted by Gasteiger charge is 2.21. The van der Waals surface area contributed by atoms with Crippen molar-refractivity contribution < 1.29 is 40.9 Å². The first kappa shape index (κ1) is 19.8.